The SMILES string of the molecule is CCc1ccc(OCC(=O)N2CCC(CO)CC2)cc1. The third-order valence-corrected chi connectivity index (χ3v) is 3.92. The predicted molar refractivity (Wildman–Crippen MR) is 77.7 cm³/mol. The Bertz CT molecular complexity index is 422. The number of aliphatic hydroxyl groups is 1. The van der Waals surface area contributed by atoms with Crippen LogP contribution >= 0.6 is 0 Å². The highest BCUT2D eigenvalue weighted by atomic mass is 16.5. The molecule has 1 fully saturated rings. The first kappa shape index (κ1) is 14.9. The van der Waals surface area contributed by atoms with Crippen LogP contribution < -0.4 is 4.74 Å². The molecule has 1 aliphatic rings. The molecule has 2 rings (SSSR count). The van der Waals surface area contributed by atoms with Gasteiger partial charge in [-0.15, -0.1) is 0 Å². The monoisotopic (exact) mass is 277 g/mol. The molecule has 4 heteroatoms. The summed E-state index contributed by atoms with van der Waals surface area (Å²) in [5.74, 6) is 1.11. The van der Waals surface area contributed by atoms with Crippen LogP contribution in [-0.2, 0) is 11.2 Å². The van der Waals surface area contributed by atoms with Crippen LogP contribution in [0, 0.1) is 5.92 Å². The van der Waals surface area contributed by atoms with Crippen molar-refractivity contribution in [2.45, 2.75) is 26.2 Å². The Morgan fingerprint density at radius 1 is 1.30 bits per heavy atom. The maximum atomic E-state index is 12.0. The van der Waals surface area contributed by atoms with Gasteiger partial charge in [-0.2, -0.15) is 0 Å². The van der Waals surface area contributed by atoms with E-state index in [-0.39, 0.29) is 19.1 Å². The topological polar surface area (TPSA) is 49.8 Å². The van der Waals surface area contributed by atoms with E-state index >= 15 is 0 Å². The van der Waals surface area contributed by atoms with E-state index in [1.54, 1.807) is 0 Å². The smallest absolute Gasteiger partial charge is 0.260 e. The Morgan fingerprint density at radius 2 is 1.95 bits per heavy atom. The molecular formula is C16H23NO3. The summed E-state index contributed by atoms with van der Waals surface area (Å²) in [6.45, 7) is 3.87. The molecule has 0 radical (unpaired) electrons. The molecule has 0 atom stereocenters. The lowest BCUT2D eigenvalue weighted by atomic mass is 9.98. The molecule has 0 spiro atoms. The standard InChI is InChI=1S/C16H23NO3/c1-2-13-3-5-15(6-4-13)20-12-16(19)17-9-7-14(11-18)8-10-17/h3-6,14,18H,2,7-12H2,1H3. The number of hydrogen-bond donors (Lipinski definition) is 1. The third-order valence-electron chi connectivity index (χ3n) is 3.92. The lowest BCUT2D eigenvalue weighted by Gasteiger charge is -2.31. The van der Waals surface area contributed by atoms with E-state index in [1.807, 2.05) is 29.2 Å². The van der Waals surface area contributed by atoms with E-state index in [2.05, 4.69) is 6.92 Å². The number of carbonyl (C=O) groups is 1. The minimum absolute atomic E-state index is 0.0287. The fourth-order valence-electron chi connectivity index (χ4n) is 2.42. The van der Waals surface area contributed by atoms with Gasteiger partial charge in [0.25, 0.3) is 5.91 Å². The average molecular weight is 277 g/mol. The van der Waals surface area contributed by atoms with Gasteiger partial charge in [0, 0.05) is 19.7 Å². The van der Waals surface area contributed by atoms with Crippen LogP contribution in [0.3, 0.4) is 0 Å². The molecule has 110 valence electrons. The molecule has 1 aromatic carbocycles. The molecule has 0 aliphatic carbocycles. The Morgan fingerprint density at radius 3 is 2.50 bits per heavy atom. The zero-order chi connectivity index (χ0) is 14.4. The number of amides is 1. The zero-order valence-corrected chi connectivity index (χ0v) is 12.0. The number of hydrogen-bond acceptors (Lipinski definition) is 3. The fourth-order valence-corrected chi connectivity index (χ4v) is 2.42. The molecule has 1 amide bonds. The van der Waals surface area contributed by atoms with Crippen molar-refractivity contribution in [3.05, 3.63) is 29.8 Å². The van der Waals surface area contributed by atoms with E-state index in [1.165, 1.54) is 5.56 Å². The molecule has 1 aromatic rings. The summed E-state index contributed by atoms with van der Waals surface area (Å²) < 4.78 is 5.53. The van der Waals surface area contributed by atoms with Gasteiger partial charge in [-0.1, -0.05) is 19.1 Å². The van der Waals surface area contributed by atoms with Gasteiger partial charge in [0.1, 0.15) is 5.75 Å². The number of ether oxygens (including phenoxy) is 1. The number of piperidine rings is 1. The number of likely N-dealkylation sites (tertiary alicyclic amines) is 1. The molecule has 0 saturated carbocycles. The number of rotatable bonds is 5. The lowest BCUT2D eigenvalue weighted by molar-refractivity contribution is -0.134. The van der Waals surface area contributed by atoms with E-state index in [4.69, 9.17) is 9.84 Å². The van der Waals surface area contributed by atoms with Crippen molar-refractivity contribution in [2.75, 3.05) is 26.3 Å². The molecule has 0 bridgehead atoms. The van der Waals surface area contributed by atoms with E-state index in [9.17, 15) is 4.79 Å². The van der Waals surface area contributed by atoms with Crippen LogP contribution in [-0.4, -0.2) is 42.2 Å². The molecule has 1 saturated heterocycles. The maximum Gasteiger partial charge on any atom is 0.260 e. The van der Waals surface area contributed by atoms with Gasteiger partial charge in [-0.25, -0.2) is 0 Å². The molecule has 0 unspecified atom stereocenters. The van der Waals surface area contributed by atoms with Crippen LogP contribution in [0.2, 0.25) is 0 Å². The second-order valence-corrected chi connectivity index (χ2v) is 5.29. The highest BCUT2D eigenvalue weighted by Crippen LogP contribution is 2.17. The van der Waals surface area contributed by atoms with Gasteiger partial charge in [0.05, 0.1) is 0 Å². The second kappa shape index (κ2) is 7.29. The van der Waals surface area contributed by atoms with Crippen molar-refractivity contribution < 1.29 is 14.6 Å². The van der Waals surface area contributed by atoms with Gasteiger partial charge in [-0.3, -0.25) is 4.79 Å². The molecule has 20 heavy (non-hydrogen) atoms. The van der Waals surface area contributed by atoms with Crippen molar-refractivity contribution in [1.29, 1.82) is 0 Å². The van der Waals surface area contributed by atoms with Crippen LogP contribution in [0.15, 0.2) is 24.3 Å². The Hall–Kier alpha value is -1.55. The Labute approximate surface area is 120 Å². The summed E-state index contributed by atoms with van der Waals surface area (Å²) in [6.07, 6.45) is 2.76. The van der Waals surface area contributed by atoms with Crippen molar-refractivity contribution in [3.63, 3.8) is 0 Å². The zero-order valence-electron chi connectivity index (χ0n) is 12.0. The van der Waals surface area contributed by atoms with E-state index in [0.29, 0.717) is 5.92 Å². The van der Waals surface area contributed by atoms with E-state index in [0.717, 1.165) is 38.1 Å². The maximum absolute atomic E-state index is 12.0. The number of aryl methyl sites for hydroxylation is 1. The van der Waals surface area contributed by atoms with Gasteiger partial charge in [0.2, 0.25) is 0 Å². The minimum atomic E-state index is 0.0287. The summed E-state index contributed by atoms with van der Waals surface area (Å²) in [4.78, 5) is 13.9. The Balaban J connectivity index is 1.77. The summed E-state index contributed by atoms with van der Waals surface area (Å²) in [5.41, 5.74) is 1.26. The predicted octanol–water partition coefficient (Wildman–Crippen LogP) is 1.86. The number of benzene rings is 1. The van der Waals surface area contributed by atoms with Gasteiger partial charge < -0.3 is 14.7 Å². The molecule has 0 aromatic heterocycles. The number of nitrogens with zero attached hydrogens (tertiary/aromatic N) is 1. The summed E-state index contributed by atoms with van der Waals surface area (Å²) in [6, 6.07) is 7.85. The summed E-state index contributed by atoms with van der Waals surface area (Å²) in [5, 5.41) is 9.08. The molecule has 1 aliphatic heterocycles. The number of carbonyl (C=O) groups excluding carboxylic acids is 1. The van der Waals surface area contributed by atoms with E-state index < -0.39 is 0 Å². The summed E-state index contributed by atoms with van der Waals surface area (Å²) >= 11 is 0. The molecule has 4 nitrogen and oxygen atoms in total. The molecule has 1 heterocycles. The first-order valence-electron chi connectivity index (χ1n) is 7.33. The first-order chi connectivity index (χ1) is 9.72. The van der Waals surface area contributed by atoms with Crippen molar-refractivity contribution in [3.8, 4) is 5.75 Å². The van der Waals surface area contributed by atoms with Crippen LogP contribution in [0.1, 0.15) is 25.3 Å². The average Bonchev–Trinajstić information content (AvgIpc) is 2.53. The van der Waals surface area contributed by atoms with Crippen molar-refractivity contribution in [1.82, 2.24) is 4.90 Å². The number of aliphatic hydroxyl groups excluding tert-OH is 1. The fraction of sp³-hybridized carbons (Fsp3) is 0.562. The van der Waals surface area contributed by atoms with Gasteiger partial charge in [-0.05, 0) is 42.9 Å². The molecule has 1 N–H and O–H groups in total. The first-order valence-corrected chi connectivity index (χ1v) is 7.33. The normalized spacial score (nSPS) is 16.2. The highest BCUT2D eigenvalue weighted by molar-refractivity contribution is 5.77. The van der Waals surface area contributed by atoms with Crippen LogP contribution in [0.25, 0.3) is 0 Å². The minimum Gasteiger partial charge on any atom is -0.484 e. The lowest BCUT2D eigenvalue weighted by Crippen LogP contribution is -2.41. The van der Waals surface area contributed by atoms with Gasteiger partial charge >= 0.3 is 0 Å². The van der Waals surface area contributed by atoms with Crippen LogP contribution in [0.5, 0.6) is 5.75 Å². The van der Waals surface area contributed by atoms with Crippen molar-refractivity contribution in [2.24, 2.45) is 5.92 Å². The van der Waals surface area contributed by atoms with Gasteiger partial charge in [0.15, 0.2) is 6.61 Å². The van der Waals surface area contributed by atoms with Crippen LogP contribution in [0.4, 0.5) is 0 Å². The second-order valence-electron chi connectivity index (χ2n) is 5.29. The third kappa shape index (κ3) is 3.97. The highest BCUT2D eigenvalue weighted by Gasteiger charge is 2.22. The Kier molecular flexibility index (Phi) is 5.41. The largest absolute Gasteiger partial charge is 0.484 e. The van der Waals surface area contributed by atoms with Crippen molar-refractivity contribution >= 4 is 5.91 Å². The quantitative estimate of drug-likeness (QED) is 0.893. The summed E-state index contributed by atoms with van der Waals surface area (Å²) in [7, 11) is 0. The molecular weight excluding hydrogens is 254 g/mol.